The van der Waals surface area contributed by atoms with Gasteiger partial charge in [0.1, 0.15) is 0 Å². The second-order valence-electron chi connectivity index (χ2n) is 2.20. The molecule has 0 radical (unpaired) electrons. The first kappa shape index (κ1) is 5.65. The van der Waals surface area contributed by atoms with Crippen molar-refractivity contribution < 1.29 is 1.37 Å². The van der Waals surface area contributed by atoms with Crippen molar-refractivity contribution in [1.82, 2.24) is 10.2 Å². The fourth-order valence-electron chi connectivity index (χ4n) is 1.01. The zero-order valence-electron chi connectivity index (χ0n) is 6.64. The Kier molecular flexibility index (Phi) is 2.40. The highest BCUT2D eigenvalue weighted by Crippen LogP contribution is 1.88. The number of nitrogens with one attached hydrogen (secondary N) is 1. The van der Waals surface area contributed by atoms with Gasteiger partial charge in [-0.1, -0.05) is 0 Å². The zero-order valence-corrected chi connectivity index (χ0v) is 5.64. The van der Waals surface area contributed by atoms with Crippen molar-refractivity contribution in [3.63, 3.8) is 0 Å². The third-order valence-corrected chi connectivity index (χ3v) is 1.52. The maximum atomic E-state index is 7.49. The molecule has 3 nitrogen and oxygen atoms in total. The van der Waals surface area contributed by atoms with Crippen LogP contribution in [0, 0.1) is 0 Å². The molecule has 1 aliphatic rings. The molecule has 0 bridgehead atoms. The van der Waals surface area contributed by atoms with E-state index >= 15 is 0 Å². The minimum atomic E-state index is -0.193. The Hall–Kier alpha value is -0.120. The molecule has 1 atom stereocenters. The number of hydrogen-bond donors (Lipinski definition) is 2. The minimum Gasteiger partial charge on any atom is -0.329 e. The molecular weight excluding hydrogens is 114 g/mol. The van der Waals surface area contributed by atoms with Crippen LogP contribution in [0.3, 0.4) is 0 Å². The number of nitrogens with two attached hydrogens (primary N) is 1. The lowest BCUT2D eigenvalue weighted by Gasteiger charge is -2.26. The third-order valence-electron chi connectivity index (χ3n) is 1.52. The summed E-state index contributed by atoms with van der Waals surface area (Å²) in [5.74, 6) is 0. The molecule has 1 heterocycles. The summed E-state index contributed by atoms with van der Waals surface area (Å²) in [7, 11) is 0. The summed E-state index contributed by atoms with van der Waals surface area (Å²) >= 11 is 0. The minimum absolute atomic E-state index is 0.193. The molecule has 1 fully saturated rings. The van der Waals surface area contributed by atoms with Gasteiger partial charge in [0.2, 0.25) is 0 Å². The molecule has 0 aromatic heterocycles. The van der Waals surface area contributed by atoms with Gasteiger partial charge in [-0.25, -0.2) is 0 Å². The van der Waals surface area contributed by atoms with E-state index in [1.54, 1.807) is 0 Å². The fourth-order valence-corrected chi connectivity index (χ4v) is 1.01. The Bertz CT molecular complexity index is 93.0. The van der Waals surface area contributed by atoms with Crippen molar-refractivity contribution in [2.45, 2.75) is 0 Å². The zero-order chi connectivity index (χ0) is 7.40. The topological polar surface area (TPSA) is 41.3 Å². The summed E-state index contributed by atoms with van der Waals surface area (Å²) in [6.07, 6.45) is 0. The van der Waals surface area contributed by atoms with Gasteiger partial charge in [-0.3, -0.25) is 4.90 Å². The van der Waals surface area contributed by atoms with Crippen LogP contribution in [0.1, 0.15) is 1.37 Å². The largest absolute Gasteiger partial charge is 0.329 e. The molecule has 9 heavy (non-hydrogen) atoms. The first-order valence-electron chi connectivity index (χ1n) is 3.99. The lowest BCUT2D eigenvalue weighted by Crippen LogP contribution is -2.45. The van der Waals surface area contributed by atoms with Crippen LogP contribution in [0.25, 0.3) is 0 Å². The first-order chi connectivity index (χ1) is 4.84. The van der Waals surface area contributed by atoms with E-state index in [1.165, 1.54) is 0 Å². The molecule has 1 rings (SSSR count). The Morgan fingerprint density at radius 2 is 2.22 bits per heavy atom. The molecule has 0 aromatic rings. The highest BCUT2D eigenvalue weighted by molar-refractivity contribution is 4.66. The summed E-state index contributed by atoms with van der Waals surface area (Å²) < 4.78 is 7.49. The van der Waals surface area contributed by atoms with Crippen LogP contribution in [-0.4, -0.2) is 44.1 Å². The van der Waals surface area contributed by atoms with E-state index in [-0.39, 0.29) is 6.52 Å². The van der Waals surface area contributed by atoms with Gasteiger partial charge in [-0.2, -0.15) is 0 Å². The van der Waals surface area contributed by atoms with E-state index in [4.69, 9.17) is 7.10 Å². The first-order valence-corrected chi connectivity index (χ1v) is 3.41. The summed E-state index contributed by atoms with van der Waals surface area (Å²) in [6, 6.07) is 0. The molecule has 0 spiro atoms. The SMILES string of the molecule is [2H]C(CN)N1CCNCC1. The van der Waals surface area contributed by atoms with Crippen molar-refractivity contribution in [3.05, 3.63) is 0 Å². The number of hydrogen-bond acceptors (Lipinski definition) is 3. The van der Waals surface area contributed by atoms with Gasteiger partial charge in [0.15, 0.2) is 0 Å². The third kappa shape index (κ3) is 2.30. The second kappa shape index (κ2) is 3.82. The summed E-state index contributed by atoms with van der Waals surface area (Å²) in [5, 5.41) is 3.23. The predicted octanol–water partition coefficient (Wildman–Crippen LogP) is -1.15. The molecule has 0 saturated carbocycles. The lowest BCUT2D eigenvalue weighted by atomic mass is 10.3. The van der Waals surface area contributed by atoms with Crippen molar-refractivity contribution in [2.75, 3.05) is 39.2 Å². The van der Waals surface area contributed by atoms with Gasteiger partial charge in [0.05, 0.1) is 0 Å². The van der Waals surface area contributed by atoms with Crippen LogP contribution in [0.15, 0.2) is 0 Å². The Morgan fingerprint density at radius 1 is 1.56 bits per heavy atom. The van der Waals surface area contributed by atoms with Crippen LogP contribution in [0.4, 0.5) is 0 Å². The number of piperazine rings is 1. The highest BCUT2D eigenvalue weighted by atomic mass is 15.2. The number of rotatable bonds is 2. The lowest BCUT2D eigenvalue weighted by molar-refractivity contribution is 0.247. The predicted molar refractivity (Wildman–Crippen MR) is 38.4 cm³/mol. The molecule has 0 aromatic carbocycles. The average Bonchev–Trinajstić information content (AvgIpc) is 2.05. The molecule has 1 saturated heterocycles. The van der Waals surface area contributed by atoms with E-state index in [9.17, 15) is 0 Å². The van der Waals surface area contributed by atoms with E-state index in [0.717, 1.165) is 26.2 Å². The van der Waals surface area contributed by atoms with E-state index < -0.39 is 0 Å². The number of nitrogens with zero attached hydrogens (tertiary/aromatic N) is 1. The summed E-state index contributed by atoms with van der Waals surface area (Å²) in [4.78, 5) is 2.09. The molecule has 54 valence electrons. The van der Waals surface area contributed by atoms with E-state index in [2.05, 4.69) is 10.2 Å². The quantitative estimate of drug-likeness (QED) is 0.496. The normalized spacial score (nSPS) is 27.4. The fraction of sp³-hybridized carbons (Fsp3) is 1.00. The Labute approximate surface area is 57.6 Å². The Balaban J connectivity index is 2.24. The van der Waals surface area contributed by atoms with E-state index in [0.29, 0.717) is 6.54 Å². The van der Waals surface area contributed by atoms with Crippen LogP contribution < -0.4 is 11.1 Å². The summed E-state index contributed by atoms with van der Waals surface area (Å²) in [5.41, 5.74) is 5.35. The molecule has 0 amide bonds. The van der Waals surface area contributed by atoms with Crippen LogP contribution in [0.5, 0.6) is 0 Å². The molecule has 0 aliphatic carbocycles. The summed E-state index contributed by atoms with van der Waals surface area (Å²) in [6.45, 7) is 4.17. The Morgan fingerprint density at radius 3 is 2.78 bits per heavy atom. The van der Waals surface area contributed by atoms with Gasteiger partial charge in [-0.15, -0.1) is 0 Å². The van der Waals surface area contributed by atoms with Gasteiger partial charge in [-0.05, 0) is 0 Å². The maximum Gasteiger partial charge on any atom is 0.0444 e. The molecular formula is C6H15N3. The van der Waals surface area contributed by atoms with Crippen LogP contribution in [-0.2, 0) is 0 Å². The van der Waals surface area contributed by atoms with Crippen molar-refractivity contribution >= 4 is 0 Å². The van der Waals surface area contributed by atoms with Crippen molar-refractivity contribution in [2.24, 2.45) is 5.73 Å². The van der Waals surface area contributed by atoms with Gasteiger partial charge in [0, 0.05) is 40.6 Å². The standard InChI is InChI=1S/C6H15N3/c7-1-4-9-5-2-8-3-6-9/h8H,1-7H2/i4D. The van der Waals surface area contributed by atoms with E-state index in [1.807, 2.05) is 0 Å². The monoisotopic (exact) mass is 130 g/mol. The molecule has 1 aliphatic heterocycles. The van der Waals surface area contributed by atoms with Gasteiger partial charge < -0.3 is 11.1 Å². The maximum absolute atomic E-state index is 7.49. The smallest absolute Gasteiger partial charge is 0.0444 e. The second-order valence-corrected chi connectivity index (χ2v) is 2.20. The van der Waals surface area contributed by atoms with Gasteiger partial charge in [0.25, 0.3) is 0 Å². The van der Waals surface area contributed by atoms with Crippen LogP contribution in [0.2, 0.25) is 0 Å². The highest BCUT2D eigenvalue weighted by Gasteiger charge is 2.06. The molecule has 1 unspecified atom stereocenters. The van der Waals surface area contributed by atoms with Crippen LogP contribution >= 0.6 is 0 Å². The average molecular weight is 130 g/mol. The van der Waals surface area contributed by atoms with Gasteiger partial charge >= 0.3 is 0 Å². The van der Waals surface area contributed by atoms with Crippen molar-refractivity contribution in [3.8, 4) is 0 Å². The van der Waals surface area contributed by atoms with Crippen molar-refractivity contribution in [1.29, 1.82) is 0 Å². The molecule has 3 N–H and O–H groups in total. The molecule has 3 heteroatoms.